The molecule has 0 aliphatic carbocycles. The predicted octanol–water partition coefficient (Wildman–Crippen LogP) is 1.37. The Bertz CT molecular complexity index is 354. The van der Waals surface area contributed by atoms with E-state index in [0.717, 1.165) is 5.69 Å². The van der Waals surface area contributed by atoms with Crippen molar-refractivity contribution in [3.63, 3.8) is 0 Å². The fourth-order valence-corrected chi connectivity index (χ4v) is 1.10. The molecule has 0 unspecified atom stereocenters. The Morgan fingerprint density at radius 2 is 2.08 bits per heavy atom. The summed E-state index contributed by atoms with van der Waals surface area (Å²) in [6, 6.07) is 9.94. The van der Waals surface area contributed by atoms with E-state index < -0.39 is 0 Å². The highest BCUT2D eigenvalue weighted by Crippen LogP contribution is 2.18. The average molecular weight is 173 g/mol. The maximum Gasteiger partial charge on any atom is 0.184 e. The second-order valence-corrected chi connectivity index (χ2v) is 2.65. The topological polar surface area (TPSA) is 44.8 Å². The summed E-state index contributed by atoms with van der Waals surface area (Å²) in [6.45, 7) is 0. The van der Waals surface area contributed by atoms with E-state index >= 15 is 0 Å². The van der Waals surface area contributed by atoms with Gasteiger partial charge in [0.2, 0.25) is 0 Å². The molecule has 0 amide bonds. The molecule has 0 aliphatic rings. The molecule has 1 aromatic carbocycles. The van der Waals surface area contributed by atoms with Crippen LogP contribution in [0.5, 0.6) is 0 Å². The maximum atomic E-state index is 3.86. The van der Waals surface area contributed by atoms with Crippen molar-refractivity contribution in [2.45, 2.75) is 0 Å². The van der Waals surface area contributed by atoms with Crippen molar-refractivity contribution in [1.29, 1.82) is 0 Å². The van der Waals surface area contributed by atoms with Gasteiger partial charge in [0.25, 0.3) is 0 Å². The summed E-state index contributed by atoms with van der Waals surface area (Å²) in [5.41, 5.74) is 1.06. The van der Waals surface area contributed by atoms with E-state index in [1.807, 2.05) is 42.3 Å². The molecule has 4 nitrogen and oxygen atoms in total. The van der Waals surface area contributed by atoms with Gasteiger partial charge in [0.05, 0.1) is 0 Å². The second kappa shape index (κ2) is 3.26. The van der Waals surface area contributed by atoms with Crippen LogP contribution in [0.25, 0.3) is 0 Å². The molecule has 2 rings (SSSR count). The Balaban J connectivity index is 2.29. The number of para-hydroxylation sites is 1. The van der Waals surface area contributed by atoms with Gasteiger partial charge < -0.3 is 4.90 Å². The van der Waals surface area contributed by atoms with E-state index in [-0.39, 0.29) is 0 Å². The number of nitrogens with zero attached hydrogens (tertiary/aromatic N) is 3. The average Bonchev–Trinajstić information content (AvgIpc) is 2.71. The number of aromatic nitrogens is 3. The van der Waals surface area contributed by atoms with Crippen LogP contribution in [0.1, 0.15) is 0 Å². The SMILES string of the molecule is CN(c1ccccc1)c1[c][nH]nn1. The van der Waals surface area contributed by atoms with E-state index in [2.05, 4.69) is 21.6 Å². The zero-order chi connectivity index (χ0) is 9.10. The van der Waals surface area contributed by atoms with Crippen LogP contribution >= 0.6 is 0 Å². The standard InChI is InChI=1S/C9H9N4/c1-13(9-7-10-12-11-9)8-5-3-2-4-6-8/h2-6H,1H3,(H,10,11,12). The van der Waals surface area contributed by atoms with E-state index in [1.54, 1.807) is 0 Å². The second-order valence-electron chi connectivity index (χ2n) is 2.65. The summed E-state index contributed by atoms with van der Waals surface area (Å²) in [5, 5.41) is 10.0. The van der Waals surface area contributed by atoms with Crippen LogP contribution < -0.4 is 4.90 Å². The summed E-state index contributed by atoms with van der Waals surface area (Å²) in [5.74, 6) is 0.686. The first kappa shape index (κ1) is 7.79. The molecule has 0 aliphatic heterocycles. The van der Waals surface area contributed by atoms with E-state index in [9.17, 15) is 0 Å². The Labute approximate surface area is 76.2 Å². The number of H-pyrrole nitrogens is 1. The van der Waals surface area contributed by atoms with E-state index in [1.165, 1.54) is 0 Å². The molecule has 4 heteroatoms. The highest BCUT2D eigenvalue weighted by molar-refractivity contribution is 5.56. The third-order valence-electron chi connectivity index (χ3n) is 1.82. The van der Waals surface area contributed by atoms with Crippen LogP contribution in [-0.4, -0.2) is 22.5 Å². The molecule has 1 radical (unpaired) electrons. The number of rotatable bonds is 2. The lowest BCUT2D eigenvalue weighted by Gasteiger charge is -2.14. The number of benzene rings is 1. The first-order valence-electron chi connectivity index (χ1n) is 3.95. The van der Waals surface area contributed by atoms with Gasteiger partial charge in [-0.3, -0.25) is 5.10 Å². The van der Waals surface area contributed by atoms with E-state index in [4.69, 9.17) is 0 Å². The molecular weight excluding hydrogens is 164 g/mol. The van der Waals surface area contributed by atoms with Gasteiger partial charge in [0.15, 0.2) is 5.82 Å². The van der Waals surface area contributed by atoms with Gasteiger partial charge in [0.1, 0.15) is 6.20 Å². The number of aromatic amines is 1. The van der Waals surface area contributed by atoms with Crippen molar-refractivity contribution in [2.24, 2.45) is 0 Å². The lowest BCUT2D eigenvalue weighted by molar-refractivity contribution is 0.931. The summed E-state index contributed by atoms with van der Waals surface area (Å²) in [7, 11) is 1.92. The number of anilines is 2. The molecule has 65 valence electrons. The van der Waals surface area contributed by atoms with Gasteiger partial charge in [-0.2, -0.15) is 0 Å². The lowest BCUT2D eigenvalue weighted by atomic mass is 10.3. The van der Waals surface area contributed by atoms with Gasteiger partial charge in [-0.15, -0.1) is 5.10 Å². The van der Waals surface area contributed by atoms with Crippen LogP contribution in [-0.2, 0) is 0 Å². The Hall–Kier alpha value is -1.84. The molecule has 0 saturated heterocycles. The van der Waals surface area contributed by atoms with Gasteiger partial charge in [0, 0.05) is 12.7 Å². The fraction of sp³-hybridized carbons (Fsp3) is 0.111. The summed E-state index contributed by atoms with van der Waals surface area (Å²) >= 11 is 0. The van der Waals surface area contributed by atoms with Crippen molar-refractivity contribution in [1.82, 2.24) is 15.4 Å². The highest BCUT2D eigenvalue weighted by atomic mass is 15.4. The summed E-state index contributed by atoms with van der Waals surface area (Å²) < 4.78 is 0. The largest absolute Gasteiger partial charge is 0.326 e. The molecule has 1 N–H and O–H groups in total. The molecule has 1 heterocycles. The van der Waals surface area contributed by atoms with Crippen molar-refractivity contribution in [2.75, 3.05) is 11.9 Å². The summed E-state index contributed by atoms with van der Waals surface area (Å²) in [4.78, 5) is 1.91. The Morgan fingerprint density at radius 3 is 2.69 bits per heavy atom. The van der Waals surface area contributed by atoms with Crippen LogP contribution in [0, 0.1) is 6.20 Å². The smallest absolute Gasteiger partial charge is 0.184 e. The molecule has 0 fully saturated rings. The van der Waals surface area contributed by atoms with Crippen molar-refractivity contribution in [3.8, 4) is 0 Å². The molecular formula is C9H9N4. The Kier molecular flexibility index (Phi) is 1.96. The van der Waals surface area contributed by atoms with Crippen LogP contribution in [0.15, 0.2) is 30.3 Å². The number of nitrogens with one attached hydrogen (secondary N) is 1. The zero-order valence-corrected chi connectivity index (χ0v) is 7.23. The minimum atomic E-state index is 0.686. The molecule has 0 bridgehead atoms. The monoisotopic (exact) mass is 173 g/mol. The van der Waals surface area contributed by atoms with Gasteiger partial charge >= 0.3 is 0 Å². The molecule has 0 saturated carbocycles. The van der Waals surface area contributed by atoms with Gasteiger partial charge in [-0.05, 0) is 12.1 Å². The minimum absolute atomic E-state index is 0.686. The normalized spacial score (nSPS) is 9.92. The van der Waals surface area contributed by atoms with Crippen molar-refractivity contribution < 1.29 is 0 Å². The maximum absolute atomic E-state index is 3.86. The first-order valence-corrected chi connectivity index (χ1v) is 3.95. The summed E-state index contributed by atoms with van der Waals surface area (Å²) in [6.07, 6.45) is 2.81. The molecule has 0 spiro atoms. The number of hydrogen-bond acceptors (Lipinski definition) is 3. The lowest BCUT2D eigenvalue weighted by Crippen LogP contribution is -2.09. The van der Waals surface area contributed by atoms with Crippen LogP contribution in [0.2, 0.25) is 0 Å². The Morgan fingerprint density at radius 1 is 1.31 bits per heavy atom. The molecule has 1 aromatic heterocycles. The first-order chi connectivity index (χ1) is 6.38. The molecule has 0 atom stereocenters. The highest BCUT2D eigenvalue weighted by Gasteiger charge is 2.04. The van der Waals surface area contributed by atoms with Crippen LogP contribution in [0.3, 0.4) is 0 Å². The molecule has 2 aromatic rings. The third-order valence-corrected chi connectivity index (χ3v) is 1.82. The van der Waals surface area contributed by atoms with Gasteiger partial charge in [-0.25, -0.2) is 0 Å². The third kappa shape index (κ3) is 1.51. The van der Waals surface area contributed by atoms with E-state index in [0.29, 0.717) is 5.82 Å². The van der Waals surface area contributed by atoms with Crippen molar-refractivity contribution in [3.05, 3.63) is 36.5 Å². The molecule has 13 heavy (non-hydrogen) atoms. The van der Waals surface area contributed by atoms with Crippen molar-refractivity contribution >= 4 is 11.5 Å². The zero-order valence-electron chi connectivity index (χ0n) is 7.23. The van der Waals surface area contributed by atoms with Crippen LogP contribution in [0.4, 0.5) is 11.5 Å². The predicted molar refractivity (Wildman–Crippen MR) is 49.7 cm³/mol. The quantitative estimate of drug-likeness (QED) is 0.746. The number of hydrogen-bond donors (Lipinski definition) is 1. The fourth-order valence-electron chi connectivity index (χ4n) is 1.10. The van der Waals surface area contributed by atoms with Gasteiger partial charge in [-0.1, -0.05) is 23.4 Å². The minimum Gasteiger partial charge on any atom is -0.326 e.